The molecular formula is C22H21F3N6O. The lowest BCUT2D eigenvalue weighted by atomic mass is 10.1. The highest BCUT2D eigenvalue weighted by atomic mass is 19.3. The van der Waals surface area contributed by atoms with Gasteiger partial charge in [0.2, 0.25) is 0 Å². The molecule has 0 radical (unpaired) electrons. The van der Waals surface area contributed by atoms with Crippen molar-refractivity contribution < 1.29 is 18.0 Å². The second kappa shape index (κ2) is 8.52. The van der Waals surface area contributed by atoms with E-state index in [4.69, 9.17) is 0 Å². The molecule has 0 atom stereocenters. The molecule has 32 heavy (non-hydrogen) atoms. The van der Waals surface area contributed by atoms with Gasteiger partial charge in [-0.1, -0.05) is 13.8 Å². The molecule has 0 aliphatic carbocycles. The molecule has 0 spiro atoms. The number of nitrogens with zero attached hydrogens (tertiary/aromatic N) is 5. The standard InChI is InChI=1S/C22H21F3N6O/c1-13(2)19-28-10-14(11-29-19)21(32)30-18-15(17-16(23)4-3-7-26-17)5-8-27-20(18)31-9-6-22(24,25)12-31/h3-5,7-8,10-11,13H,6,9,12H2,1-2H3,(H,30,32). The number of hydrogen-bond donors (Lipinski definition) is 1. The predicted octanol–water partition coefficient (Wildman–Crippen LogP) is 4.29. The van der Waals surface area contributed by atoms with Gasteiger partial charge in [-0.15, -0.1) is 0 Å². The molecule has 7 nitrogen and oxygen atoms in total. The van der Waals surface area contributed by atoms with Gasteiger partial charge in [0.25, 0.3) is 11.8 Å². The van der Waals surface area contributed by atoms with E-state index in [1.54, 1.807) is 0 Å². The first-order valence-electron chi connectivity index (χ1n) is 10.1. The number of carbonyl (C=O) groups excluding carboxylic acids is 1. The van der Waals surface area contributed by atoms with Crippen LogP contribution in [-0.2, 0) is 0 Å². The lowest BCUT2D eigenvalue weighted by Gasteiger charge is -2.22. The summed E-state index contributed by atoms with van der Waals surface area (Å²) in [5, 5.41) is 2.70. The fourth-order valence-electron chi connectivity index (χ4n) is 3.45. The summed E-state index contributed by atoms with van der Waals surface area (Å²) in [7, 11) is 0. The number of rotatable bonds is 5. The summed E-state index contributed by atoms with van der Waals surface area (Å²) in [6.45, 7) is 3.35. The largest absolute Gasteiger partial charge is 0.349 e. The van der Waals surface area contributed by atoms with E-state index in [9.17, 15) is 18.0 Å². The van der Waals surface area contributed by atoms with Crippen LogP contribution in [-0.4, -0.2) is 44.9 Å². The molecule has 1 fully saturated rings. The Balaban J connectivity index is 1.76. The van der Waals surface area contributed by atoms with Crippen LogP contribution in [0.4, 0.5) is 24.7 Å². The number of nitrogens with one attached hydrogen (secondary N) is 1. The van der Waals surface area contributed by atoms with E-state index in [1.165, 1.54) is 47.9 Å². The average Bonchev–Trinajstić information content (AvgIpc) is 3.14. The fraction of sp³-hybridized carbons (Fsp3) is 0.318. The minimum atomic E-state index is -2.88. The molecule has 3 aromatic heterocycles. The van der Waals surface area contributed by atoms with E-state index >= 15 is 0 Å². The molecule has 1 N–H and O–H groups in total. The number of aromatic nitrogens is 4. The molecule has 1 aliphatic rings. The molecule has 0 aromatic carbocycles. The summed E-state index contributed by atoms with van der Waals surface area (Å²) >= 11 is 0. The fourth-order valence-corrected chi connectivity index (χ4v) is 3.45. The summed E-state index contributed by atoms with van der Waals surface area (Å²) in [6.07, 6.45) is 5.23. The van der Waals surface area contributed by atoms with Gasteiger partial charge in [0.1, 0.15) is 17.3 Å². The Morgan fingerprint density at radius 1 is 1.12 bits per heavy atom. The highest BCUT2D eigenvalue weighted by Gasteiger charge is 2.40. The zero-order chi connectivity index (χ0) is 22.9. The molecule has 3 aromatic rings. The maximum atomic E-state index is 14.5. The summed E-state index contributed by atoms with van der Waals surface area (Å²) in [5.74, 6) is -3.27. The lowest BCUT2D eigenvalue weighted by molar-refractivity contribution is 0.0257. The predicted molar refractivity (Wildman–Crippen MR) is 113 cm³/mol. The Kier molecular flexibility index (Phi) is 5.77. The molecule has 1 amide bonds. The van der Waals surface area contributed by atoms with Crippen molar-refractivity contribution in [3.05, 3.63) is 60.2 Å². The van der Waals surface area contributed by atoms with Crippen molar-refractivity contribution in [3.8, 4) is 11.3 Å². The van der Waals surface area contributed by atoms with E-state index in [1.807, 2.05) is 13.8 Å². The normalized spacial score (nSPS) is 15.2. The van der Waals surface area contributed by atoms with Gasteiger partial charge in [-0.3, -0.25) is 9.78 Å². The van der Waals surface area contributed by atoms with Gasteiger partial charge in [0, 0.05) is 49.2 Å². The van der Waals surface area contributed by atoms with Gasteiger partial charge in [-0.25, -0.2) is 28.1 Å². The first-order valence-corrected chi connectivity index (χ1v) is 10.1. The monoisotopic (exact) mass is 442 g/mol. The van der Waals surface area contributed by atoms with Crippen molar-refractivity contribution in [3.63, 3.8) is 0 Å². The minimum absolute atomic E-state index is 0.0242. The molecule has 0 bridgehead atoms. The number of anilines is 2. The van der Waals surface area contributed by atoms with Crippen molar-refractivity contribution in [2.75, 3.05) is 23.3 Å². The van der Waals surface area contributed by atoms with E-state index in [0.29, 0.717) is 5.82 Å². The van der Waals surface area contributed by atoms with E-state index < -0.39 is 24.2 Å². The molecule has 10 heteroatoms. The Morgan fingerprint density at radius 2 is 1.88 bits per heavy atom. The smallest absolute Gasteiger partial charge is 0.266 e. The van der Waals surface area contributed by atoms with Gasteiger partial charge in [0.15, 0.2) is 5.82 Å². The number of amides is 1. The van der Waals surface area contributed by atoms with Gasteiger partial charge in [0.05, 0.1) is 17.8 Å². The molecule has 166 valence electrons. The molecule has 0 unspecified atom stereocenters. The second-order valence-electron chi connectivity index (χ2n) is 7.86. The van der Waals surface area contributed by atoms with Crippen molar-refractivity contribution in [1.82, 2.24) is 19.9 Å². The number of pyridine rings is 2. The van der Waals surface area contributed by atoms with Crippen LogP contribution in [0, 0.1) is 5.82 Å². The average molecular weight is 442 g/mol. The number of carbonyl (C=O) groups is 1. The van der Waals surface area contributed by atoms with Crippen LogP contribution in [0.1, 0.15) is 42.4 Å². The maximum Gasteiger partial charge on any atom is 0.266 e. The van der Waals surface area contributed by atoms with Gasteiger partial charge in [-0.2, -0.15) is 0 Å². The van der Waals surface area contributed by atoms with Gasteiger partial charge >= 0.3 is 0 Å². The first-order chi connectivity index (χ1) is 15.2. The third-order valence-electron chi connectivity index (χ3n) is 5.10. The third kappa shape index (κ3) is 4.39. The van der Waals surface area contributed by atoms with Crippen LogP contribution in [0.5, 0.6) is 0 Å². The maximum absolute atomic E-state index is 14.5. The number of halogens is 3. The van der Waals surface area contributed by atoms with Crippen molar-refractivity contribution in [1.29, 1.82) is 0 Å². The number of hydrogen-bond acceptors (Lipinski definition) is 6. The molecule has 0 saturated carbocycles. The summed E-state index contributed by atoms with van der Waals surface area (Å²) in [6, 6.07) is 4.15. The zero-order valence-corrected chi connectivity index (χ0v) is 17.5. The van der Waals surface area contributed by atoms with Crippen LogP contribution in [0.25, 0.3) is 11.3 Å². The summed E-state index contributed by atoms with van der Waals surface area (Å²) < 4.78 is 42.3. The third-order valence-corrected chi connectivity index (χ3v) is 5.10. The van der Waals surface area contributed by atoms with E-state index in [-0.39, 0.29) is 47.2 Å². The Bertz CT molecular complexity index is 1140. The van der Waals surface area contributed by atoms with Crippen molar-refractivity contribution in [2.24, 2.45) is 0 Å². The summed E-state index contributed by atoms with van der Waals surface area (Å²) in [4.78, 5) is 31.0. The van der Waals surface area contributed by atoms with Crippen LogP contribution < -0.4 is 10.2 Å². The SMILES string of the molecule is CC(C)c1ncc(C(=O)Nc2c(-c3ncccc3F)ccnc2N2CCC(F)(F)C2)cn1. The molecule has 4 heterocycles. The van der Waals surface area contributed by atoms with E-state index in [2.05, 4.69) is 25.3 Å². The van der Waals surface area contributed by atoms with Crippen molar-refractivity contribution in [2.45, 2.75) is 32.1 Å². The second-order valence-corrected chi connectivity index (χ2v) is 7.86. The molecule has 1 aliphatic heterocycles. The van der Waals surface area contributed by atoms with Gasteiger partial charge < -0.3 is 10.2 Å². The molecular weight excluding hydrogens is 421 g/mol. The first kappa shape index (κ1) is 21.7. The Labute approximate surface area is 182 Å². The highest BCUT2D eigenvalue weighted by Crippen LogP contribution is 2.39. The Hall–Kier alpha value is -3.56. The molecule has 1 saturated heterocycles. The Morgan fingerprint density at radius 3 is 2.50 bits per heavy atom. The topological polar surface area (TPSA) is 83.9 Å². The molecule has 4 rings (SSSR count). The van der Waals surface area contributed by atoms with Crippen LogP contribution in [0.3, 0.4) is 0 Å². The lowest BCUT2D eigenvalue weighted by Crippen LogP contribution is -2.27. The van der Waals surface area contributed by atoms with Crippen LogP contribution in [0.15, 0.2) is 43.0 Å². The van der Waals surface area contributed by atoms with E-state index in [0.717, 1.165) is 0 Å². The number of alkyl halides is 2. The van der Waals surface area contributed by atoms with Gasteiger partial charge in [-0.05, 0) is 18.2 Å². The quantitative estimate of drug-likeness (QED) is 0.635. The minimum Gasteiger partial charge on any atom is -0.349 e. The summed E-state index contributed by atoms with van der Waals surface area (Å²) in [5.41, 5.74) is 0.476. The zero-order valence-electron chi connectivity index (χ0n) is 17.5. The van der Waals surface area contributed by atoms with Crippen molar-refractivity contribution >= 4 is 17.4 Å². The highest BCUT2D eigenvalue weighted by molar-refractivity contribution is 6.07. The van der Waals surface area contributed by atoms with Crippen LogP contribution in [0.2, 0.25) is 0 Å². The van der Waals surface area contributed by atoms with Crippen LogP contribution >= 0.6 is 0 Å².